The Hall–Kier alpha value is -1.84. The summed E-state index contributed by atoms with van der Waals surface area (Å²) in [5, 5.41) is 4.72. The van der Waals surface area contributed by atoms with Gasteiger partial charge in [0, 0.05) is 15.1 Å². The SMILES string of the molecule is CCOc1ccccc1C(NC)c1cc2ccccc2s1. The van der Waals surface area contributed by atoms with Crippen LogP contribution in [-0.2, 0) is 0 Å². The van der Waals surface area contributed by atoms with Crippen LogP contribution in [-0.4, -0.2) is 13.7 Å². The number of nitrogens with one attached hydrogen (secondary N) is 1. The maximum atomic E-state index is 5.78. The number of thiophene rings is 1. The molecule has 1 atom stereocenters. The number of hydrogen-bond donors (Lipinski definition) is 1. The van der Waals surface area contributed by atoms with Crippen LogP contribution in [0.4, 0.5) is 0 Å². The number of para-hydroxylation sites is 1. The predicted molar refractivity (Wildman–Crippen MR) is 90.3 cm³/mol. The van der Waals surface area contributed by atoms with Gasteiger partial charge < -0.3 is 10.1 Å². The fourth-order valence-corrected chi connectivity index (χ4v) is 3.80. The number of rotatable bonds is 5. The van der Waals surface area contributed by atoms with Crippen LogP contribution in [0.1, 0.15) is 23.4 Å². The van der Waals surface area contributed by atoms with E-state index in [0.717, 1.165) is 5.75 Å². The molecule has 1 heterocycles. The molecule has 0 aliphatic heterocycles. The van der Waals surface area contributed by atoms with Crippen molar-refractivity contribution in [2.24, 2.45) is 0 Å². The van der Waals surface area contributed by atoms with Gasteiger partial charge in [-0.2, -0.15) is 0 Å². The maximum Gasteiger partial charge on any atom is 0.124 e. The van der Waals surface area contributed by atoms with Gasteiger partial charge in [0.05, 0.1) is 12.6 Å². The molecule has 3 heteroatoms. The molecule has 2 nitrogen and oxygen atoms in total. The van der Waals surface area contributed by atoms with Crippen molar-refractivity contribution >= 4 is 21.4 Å². The summed E-state index contributed by atoms with van der Waals surface area (Å²) in [6.07, 6.45) is 0. The van der Waals surface area contributed by atoms with Crippen LogP contribution in [0.3, 0.4) is 0 Å². The first-order chi connectivity index (χ1) is 10.3. The summed E-state index contributed by atoms with van der Waals surface area (Å²) in [7, 11) is 2.00. The number of benzene rings is 2. The van der Waals surface area contributed by atoms with Gasteiger partial charge in [-0.3, -0.25) is 0 Å². The first-order valence-electron chi connectivity index (χ1n) is 7.21. The molecule has 0 fully saturated rings. The first-order valence-corrected chi connectivity index (χ1v) is 8.02. The summed E-state index contributed by atoms with van der Waals surface area (Å²) in [5.74, 6) is 0.955. The predicted octanol–water partition coefficient (Wildman–Crippen LogP) is 4.61. The summed E-state index contributed by atoms with van der Waals surface area (Å²) in [5.41, 5.74) is 1.19. The second kappa shape index (κ2) is 6.29. The zero-order valence-corrected chi connectivity index (χ0v) is 13.1. The van der Waals surface area contributed by atoms with Crippen molar-refractivity contribution in [3.05, 3.63) is 65.0 Å². The number of ether oxygens (including phenoxy) is 1. The highest BCUT2D eigenvalue weighted by Gasteiger charge is 2.18. The van der Waals surface area contributed by atoms with E-state index >= 15 is 0 Å². The van der Waals surface area contributed by atoms with Gasteiger partial charge >= 0.3 is 0 Å². The lowest BCUT2D eigenvalue weighted by Crippen LogP contribution is -2.17. The molecule has 0 radical (unpaired) electrons. The monoisotopic (exact) mass is 297 g/mol. The van der Waals surface area contributed by atoms with Crippen LogP contribution < -0.4 is 10.1 Å². The molecule has 0 spiro atoms. The van der Waals surface area contributed by atoms with Crippen LogP contribution in [0.2, 0.25) is 0 Å². The minimum Gasteiger partial charge on any atom is -0.494 e. The van der Waals surface area contributed by atoms with E-state index in [0.29, 0.717) is 6.61 Å². The fraction of sp³-hybridized carbons (Fsp3) is 0.222. The van der Waals surface area contributed by atoms with Crippen molar-refractivity contribution < 1.29 is 4.74 Å². The van der Waals surface area contributed by atoms with Gasteiger partial charge in [0.25, 0.3) is 0 Å². The van der Waals surface area contributed by atoms with Crippen molar-refractivity contribution in [3.8, 4) is 5.75 Å². The van der Waals surface area contributed by atoms with Gasteiger partial charge in [-0.25, -0.2) is 0 Å². The Morgan fingerprint density at radius 3 is 2.62 bits per heavy atom. The molecule has 0 aliphatic carbocycles. The van der Waals surface area contributed by atoms with E-state index in [2.05, 4.69) is 47.8 Å². The zero-order chi connectivity index (χ0) is 14.7. The van der Waals surface area contributed by atoms with E-state index in [1.807, 2.05) is 37.4 Å². The van der Waals surface area contributed by atoms with Gasteiger partial charge in [0.2, 0.25) is 0 Å². The van der Waals surface area contributed by atoms with Crippen LogP contribution >= 0.6 is 11.3 Å². The second-order valence-corrected chi connectivity index (χ2v) is 5.99. The molecule has 108 valence electrons. The van der Waals surface area contributed by atoms with Gasteiger partial charge in [-0.05, 0) is 37.6 Å². The first kappa shape index (κ1) is 14.1. The van der Waals surface area contributed by atoms with E-state index in [1.54, 1.807) is 0 Å². The van der Waals surface area contributed by atoms with Crippen LogP contribution in [0, 0.1) is 0 Å². The van der Waals surface area contributed by atoms with Crippen molar-refractivity contribution in [1.82, 2.24) is 5.32 Å². The van der Waals surface area contributed by atoms with Gasteiger partial charge in [0.1, 0.15) is 5.75 Å². The summed E-state index contributed by atoms with van der Waals surface area (Å²) < 4.78 is 7.10. The smallest absolute Gasteiger partial charge is 0.124 e. The molecule has 0 saturated carbocycles. The zero-order valence-electron chi connectivity index (χ0n) is 12.3. The molecule has 0 saturated heterocycles. The molecule has 3 aromatic rings. The van der Waals surface area contributed by atoms with Crippen molar-refractivity contribution in [3.63, 3.8) is 0 Å². The number of fused-ring (bicyclic) bond motifs is 1. The Bertz CT molecular complexity index is 702. The lowest BCUT2D eigenvalue weighted by molar-refractivity contribution is 0.334. The Morgan fingerprint density at radius 2 is 1.86 bits per heavy atom. The molecule has 0 bridgehead atoms. The molecular formula is C18H19NOS. The Morgan fingerprint density at radius 1 is 1.10 bits per heavy atom. The molecule has 1 aromatic heterocycles. The highest BCUT2D eigenvalue weighted by atomic mass is 32.1. The van der Waals surface area contributed by atoms with Crippen LogP contribution in [0.5, 0.6) is 5.75 Å². The van der Waals surface area contributed by atoms with E-state index in [4.69, 9.17) is 4.74 Å². The molecule has 2 aromatic carbocycles. The van der Waals surface area contributed by atoms with Gasteiger partial charge in [0.15, 0.2) is 0 Å². The highest BCUT2D eigenvalue weighted by molar-refractivity contribution is 7.19. The van der Waals surface area contributed by atoms with E-state index in [1.165, 1.54) is 20.5 Å². The van der Waals surface area contributed by atoms with Crippen molar-refractivity contribution in [2.45, 2.75) is 13.0 Å². The van der Waals surface area contributed by atoms with Crippen molar-refractivity contribution in [1.29, 1.82) is 0 Å². The summed E-state index contributed by atoms with van der Waals surface area (Å²) in [6, 6.07) is 19.2. The van der Waals surface area contributed by atoms with Crippen LogP contribution in [0.15, 0.2) is 54.6 Å². The fourth-order valence-electron chi connectivity index (χ4n) is 2.60. The Labute approximate surface area is 129 Å². The van der Waals surface area contributed by atoms with Crippen LogP contribution in [0.25, 0.3) is 10.1 Å². The summed E-state index contributed by atoms with van der Waals surface area (Å²) in [4.78, 5) is 1.31. The minimum absolute atomic E-state index is 0.158. The standard InChI is InChI=1S/C18H19NOS/c1-3-20-15-10-6-5-9-14(15)18(19-2)17-12-13-8-4-7-11-16(13)21-17/h4-12,18-19H,3H2,1-2H3. The van der Waals surface area contributed by atoms with Crippen molar-refractivity contribution in [2.75, 3.05) is 13.7 Å². The second-order valence-electron chi connectivity index (χ2n) is 4.88. The third-order valence-corrected chi connectivity index (χ3v) is 4.73. The Balaban J connectivity index is 2.05. The lowest BCUT2D eigenvalue weighted by atomic mass is 10.0. The average molecular weight is 297 g/mol. The summed E-state index contributed by atoms with van der Waals surface area (Å²) in [6.45, 7) is 2.70. The Kier molecular flexibility index (Phi) is 4.23. The van der Waals surface area contributed by atoms with E-state index in [9.17, 15) is 0 Å². The van der Waals surface area contributed by atoms with E-state index < -0.39 is 0 Å². The topological polar surface area (TPSA) is 21.3 Å². The third kappa shape index (κ3) is 2.80. The maximum absolute atomic E-state index is 5.78. The molecule has 0 amide bonds. The highest BCUT2D eigenvalue weighted by Crippen LogP contribution is 2.36. The average Bonchev–Trinajstić information content (AvgIpc) is 2.93. The summed E-state index contributed by atoms with van der Waals surface area (Å²) >= 11 is 1.83. The molecular weight excluding hydrogens is 278 g/mol. The van der Waals surface area contributed by atoms with Gasteiger partial charge in [-0.1, -0.05) is 36.4 Å². The largest absolute Gasteiger partial charge is 0.494 e. The molecule has 21 heavy (non-hydrogen) atoms. The third-order valence-electron chi connectivity index (χ3n) is 3.55. The van der Waals surface area contributed by atoms with E-state index in [-0.39, 0.29) is 6.04 Å². The molecule has 0 aliphatic rings. The number of hydrogen-bond acceptors (Lipinski definition) is 3. The molecule has 1 N–H and O–H groups in total. The van der Waals surface area contributed by atoms with Gasteiger partial charge in [-0.15, -0.1) is 11.3 Å². The molecule has 3 rings (SSSR count). The lowest BCUT2D eigenvalue weighted by Gasteiger charge is -2.18. The quantitative estimate of drug-likeness (QED) is 0.742. The molecule has 1 unspecified atom stereocenters. The normalized spacial score (nSPS) is 12.5. The minimum atomic E-state index is 0.158.